The molecule has 0 bridgehead atoms. The van der Waals surface area contributed by atoms with Crippen LogP contribution in [0, 0.1) is 5.92 Å². The van der Waals surface area contributed by atoms with Gasteiger partial charge in [0.2, 0.25) is 0 Å². The van der Waals surface area contributed by atoms with Gasteiger partial charge in [-0.2, -0.15) is 0 Å². The molecule has 90 valence electrons. The molecule has 0 amide bonds. The lowest BCUT2D eigenvalue weighted by atomic mass is 10.1. The molecule has 0 saturated carbocycles. The molecule has 2 N–H and O–H groups in total. The van der Waals surface area contributed by atoms with E-state index in [0.29, 0.717) is 6.04 Å². The van der Waals surface area contributed by atoms with E-state index in [-0.39, 0.29) is 0 Å². The van der Waals surface area contributed by atoms with Crippen molar-refractivity contribution in [3.05, 3.63) is 0 Å². The molecule has 15 heavy (non-hydrogen) atoms. The third-order valence-corrected chi connectivity index (χ3v) is 3.19. The van der Waals surface area contributed by atoms with Crippen molar-refractivity contribution >= 4 is 0 Å². The summed E-state index contributed by atoms with van der Waals surface area (Å²) >= 11 is 0. The number of methoxy groups -OCH3 is 1. The Morgan fingerprint density at radius 2 is 2.33 bits per heavy atom. The Morgan fingerprint density at radius 3 is 3.00 bits per heavy atom. The maximum absolute atomic E-state index is 6.09. The molecule has 1 aliphatic rings. The second-order valence-electron chi connectivity index (χ2n) is 4.77. The molecule has 3 nitrogen and oxygen atoms in total. The van der Waals surface area contributed by atoms with Crippen LogP contribution in [0.5, 0.6) is 0 Å². The Labute approximate surface area is 94.0 Å². The van der Waals surface area contributed by atoms with Gasteiger partial charge in [-0.05, 0) is 25.3 Å². The maximum atomic E-state index is 6.09. The molecule has 0 radical (unpaired) electrons. The van der Waals surface area contributed by atoms with E-state index >= 15 is 0 Å². The Kier molecular flexibility index (Phi) is 6.22. The number of rotatable bonds is 7. The number of ether oxygens (including phenoxy) is 1. The van der Waals surface area contributed by atoms with Crippen LogP contribution in [-0.4, -0.2) is 44.3 Å². The predicted molar refractivity (Wildman–Crippen MR) is 63.9 cm³/mol. The van der Waals surface area contributed by atoms with Gasteiger partial charge >= 0.3 is 0 Å². The lowest BCUT2D eigenvalue weighted by molar-refractivity contribution is 0.152. The van der Waals surface area contributed by atoms with Gasteiger partial charge in [-0.3, -0.25) is 0 Å². The predicted octanol–water partition coefficient (Wildman–Crippen LogP) is 1.47. The molecule has 0 aromatic heterocycles. The summed E-state index contributed by atoms with van der Waals surface area (Å²) in [6, 6.07) is 0.367. The standard InChI is InChI=1S/C12H26N2O/c1-3-4-5-12(13)9-14-7-6-11(8-14)10-15-2/h11-12H,3-10,13H2,1-2H3. The van der Waals surface area contributed by atoms with Gasteiger partial charge in [0.1, 0.15) is 0 Å². The highest BCUT2D eigenvalue weighted by Crippen LogP contribution is 2.16. The van der Waals surface area contributed by atoms with Crippen molar-refractivity contribution in [3.63, 3.8) is 0 Å². The van der Waals surface area contributed by atoms with E-state index in [9.17, 15) is 0 Å². The smallest absolute Gasteiger partial charge is 0.0503 e. The summed E-state index contributed by atoms with van der Waals surface area (Å²) in [5.41, 5.74) is 6.09. The number of nitrogens with two attached hydrogens (primary N) is 1. The zero-order valence-electron chi connectivity index (χ0n) is 10.2. The Morgan fingerprint density at radius 1 is 1.53 bits per heavy atom. The molecule has 0 aromatic rings. The normalized spacial score (nSPS) is 24.6. The second-order valence-corrected chi connectivity index (χ2v) is 4.77. The van der Waals surface area contributed by atoms with Crippen LogP contribution < -0.4 is 5.73 Å². The van der Waals surface area contributed by atoms with E-state index in [1.165, 1.54) is 38.8 Å². The van der Waals surface area contributed by atoms with Crippen molar-refractivity contribution in [2.75, 3.05) is 33.4 Å². The topological polar surface area (TPSA) is 38.5 Å². The van der Waals surface area contributed by atoms with Gasteiger partial charge in [-0.25, -0.2) is 0 Å². The zero-order valence-corrected chi connectivity index (χ0v) is 10.2. The summed E-state index contributed by atoms with van der Waals surface area (Å²) in [6.45, 7) is 6.57. The molecule has 0 aromatic carbocycles. The summed E-state index contributed by atoms with van der Waals surface area (Å²) in [4.78, 5) is 2.49. The van der Waals surface area contributed by atoms with Crippen LogP contribution in [0.25, 0.3) is 0 Å². The summed E-state index contributed by atoms with van der Waals surface area (Å²) < 4.78 is 5.19. The fourth-order valence-electron chi connectivity index (χ4n) is 2.34. The van der Waals surface area contributed by atoms with Crippen molar-refractivity contribution < 1.29 is 4.74 Å². The summed E-state index contributed by atoms with van der Waals surface area (Å²) in [5.74, 6) is 0.730. The van der Waals surface area contributed by atoms with E-state index in [1.54, 1.807) is 7.11 Å². The largest absolute Gasteiger partial charge is 0.384 e. The van der Waals surface area contributed by atoms with Gasteiger partial charge in [-0.15, -0.1) is 0 Å². The molecule has 1 aliphatic heterocycles. The summed E-state index contributed by atoms with van der Waals surface area (Å²) in [7, 11) is 1.79. The van der Waals surface area contributed by atoms with E-state index < -0.39 is 0 Å². The Bertz CT molecular complexity index is 164. The van der Waals surface area contributed by atoms with E-state index in [0.717, 1.165) is 19.1 Å². The van der Waals surface area contributed by atoms with Crippen molar-refractivity contribution in [3.8, 4) is 0 Å². The molecular weight excluding hydrogens is 188 g/mol. The quantitative estimate of drug-likeness (QED) is 0.697. The fourth-order valence-corrected chi connectivity index (χ4v) is 2.34. The number of likely N-dealkylation sites (tertiary alicyclic amines) is 1. The number of nitrogens with zero attached hydrogens (tertiary/aromatic N) is 1. The first-order valence-electron chi connectivity index (χ1n) is 6.23. The van der Waals surface area contributed by atoms with Gasteiger partial charge in [0, 0.05) is 26.2 Å². The minimum atomic E-state index is 0.367. The van der Waals surface area contributed by atoms with E-state index in [2.05, 4.69) is 11.8 Å². The molecule has 0 aliphatic carbocycles. The highest BCUT2D eigenvalue weighted by molar-refractivity contribution is 4.78. The number of unbranched alkanes of at least 4 members (excludes halogenated alkanes) is 1. The Hall–Kier alpha value is -0.120. The lowest BCUT2D eigenvalue weighted by Gasteiger charge is -2.20. The molecule has 2 atom stereocenters. The molecule has 1 saturated heterocycles. The molecule has 3 heteroatoms. The minimum absolute atomic E-state index is 0.367. The zero-order chi connectivity index (χ0) is 11.1. The SMILES string of the molecule is CCCCC(N)CN1CCC(COC)C1. The van der Waals surface area contributed by atoms with Gasteiger partial charge < -0.3 is 15.4 Å². The van der Waals surface area contributed by atoms with Crippen LogP contribution in [-0.2, 0) is 4.74 Å². The summed E-state index contributed by atoms with van der Waals surface area (Å²) in [5, 5.41) is 0. The van der Waals surface area contributed by atoms with Crippen LogP contribution in [0.1, 0.15) is 32.6 Å². The molecule has 1 fully saturated rings. The lowest BCUT2D eigenvalue weighted by Crippen LogP contribution is -2.36. The Balaban J connectivity index is 2.12. The van der Waals surface area contributed by atoms with Crippen LogP contribution in [0.3, 0.4) is 0 Å². The third kappa shape index (κ3) is 4.96. The highest BCUT2D eigenvalue weighted by atomic mass is 16.5. The van der Waals surface area contributed by atoms with Crippen LogP contribution in [0.2, 0.25) is 0 Å². The first-order valence-corrected chi connectivity index (χ1v) is 6.23. The molecular formula is C12H26N2O. The minimum Gasteiger partial charge on any atom is -0.384 e. The van der Waals surface area contributed by atoms with Crippen LogP contribution in [0.4, 0.5) is 0 Å². The van der Waals surface area contributed by atoms with Crippen LogP contribution >= 0.6 is 0 Å². The molecule has 0 spiro atoms. The van der Waals surface area contributed by atoms with Gasteiger partial charge in [0.15, 0.2) is 0 Å². The third-order valence-electron chi connectivity index (χ3n) is 3.19. The van der Waals surface area contributed by atoms with Gasteiger partial charge in [-0.1, -0.05) is 19.8 Å². The number of hydrogen-bond acceptors (Lipinski definition) is 3. The maximum Gasteiger partial charge on any atom is 0.0503 e. The van der Waals surface area contributed by atoms with Gasteiger partial charge in [0.05, 0.1) is 6.61 Å². The average molecular weight is 214 g/mol. The fraction of sp³-hybridized carbons (Fsp3) is 1.00. The van der Waals surface area contributed by atoms with Crippen LogP contribution in [0.15, 0.2) is 0 Å². The number of hydrogen-bond donors (Lipinski definition) is 1. The summed E-state index contributed by atoms with van der Waals surface area (Å²) in [6.07, 6.45) is 4.95. The average Bonchev–Trinajstić information content (AvgIpc) is 2.63. The molecule has 1 rings (SSSR count). The van der Waals surface area contributed by atoms with Crippen molar-refractivity contribution in [1.82, 2.24) is 4.90 Å². The van der Waals surface area contributed by atoms with Crippen molar-refractivity contribution in [2.45, 2.75) is 38.6 Å². The van der Waals surface area contributed by atoms with Crippen molar-refractivity contribution in [1.29, 1.82) is 0 Å². The van der Waals surface area contributed by atoms with Gasteiger partial charge in [0.25, 0.3) is 0 Å². The van der Waals surface area contributed by atoms with E-state index in [1.807, 2.05) is 0 Å². The molecule has 2 unspecified atom stereocenters. The van der Waals surface area contributed by atoms with Crippen molar-refractivity contribution in [2.24, 2.45) is 11.7 Å². The first-order chi connectivity index (χ1) is 7.26. The monoisotopic (exact) mass is 214 g/mol. The highest BCUT2D eigenvalue weighted by Gasteiger charge is 2.23. The van der Waals surface area contributed by atoms with E-state index in [4.69, 9.17) is 10.5 Å². The second kappa shape index (κ2) is 7.20. The first kappa shape index (κ1) is 12.9. The molecule has 1 heterocycles.